The van der Waals surface area contributed by atoms with Crippen LogP contribution in [0.3, 0.4) is 0 Å². The molecule has 0 bridgehead atoms. The summed E-state index contributed by atoms with van der Waals surface area (Å²) in [6, 6.07) is 5.65. The number of aryl methyl sites for hydroxylation is 1. The van der Waals surface area contributed by atoms with Gasteiger partial charge in [0.25, 0.3) is 5.91 Å². The molecule has 0 saturated heterocycles. The van der Waals surface area contributed by atoms with Gasteiger partial charge in [0.2, 0.25) is 5.88 Å². The smallest absolute Gasteiger partial charge is 0.252 e. The topological polar surface area (TPSA) is 81.9 Å². The van der Waals surface area contributed by atoms with Crippen LogP contribution in [0.4, 0.5) is 0 Å². The van der Waals surface area contributed by atoms with Crippen LogP contribution in [0, 0.1) is 6.92 Å². The molecule has 3 rings (SSSR count). The zero-order valence-corrected chi connectivity index (χ0v) is 15.5. The van der Waals surface area contributed by atoms with Gasteiger partial charge in [-0.15, -0.1) is 0 Å². The molecular formula is C19H23N5O2. The molecule has 0 radical (unpaired) electrons. The van der Waals surface area contributed by atoms with Crippen LogP contribution >= 0.6 is 0 Å². The predicted octanol–water partition coefficient (Wildman–Crippen LogP) is 3.04. The van der Waals surface area contributed by atoms with Crippen molar-refractivity contribution >= 4 is 16.9 Å². The van der Waals surface area contributed by atoms with E-state index in [9.17, 15) is 4.79 Å². The maximum Gasteiger partial charge on any atom is 0.252 e. The molecule has 3 aromatic rings. The number of hydrogen-bond acceptors (Lipinski definition) is 5. The number of rotatable bonds is 6. The first-order valence-electron chi connectivity index (χ1n) is 8.70. The Hall–Kier alpha value is -2.96. The highest BCUT2D eigenvalue weighted by Gasteiger charge is 2.16. The lowest BCUT2D eigenvalue weighted by atomic mass is 10.1. The van der Waals surface area contributed by atoms with Gasteiger partial charge < -0.3 is 10.1 Å². The van der Waals surface area contributed by atoms with Crippen LogP contribution in [0.15, 0.2) is 30.6 Å². The van der Waals surface area contributed by atoms with Crippen LogP contribution in [0.2, 0.25) is 0 Å². The van der Waals surface area contributed by atoms with Gasteiger partial charge in [-0.2, -0.15) is 5.10 Å². The molecule has 0 spiro atoms. The molecule has 7 nitrogen and oxygen atoms in total. The van der Waals surface area contributed by atoms with Crippen molar-refractivity contribution in [3.05, 3.63) is 47.4 Å². The van der Waals surface area contributed by atoms with Gasteiger partial charge >= 0.3 is 0 Å². The summed E-state index contributed by atoms with van der Waals surface area (Å²) in [4.78, 5) is 21.4. The number of hydrogen-bond donors (Lipinski definition) is 1. The maximum absolute atomic E-state index is 12.8. The van der Waals surface area contributed by atoms with E-state index >= 15 is 0 Å². The van der Waals surface area contributed by atoms with Crippen molar-refractivity contribution < 1.29 is 9.53 Å². The van der Waals surface area contributed by atoms with Crippen LogP contribution in [0.1, 0.15) is 48.4 Å². The van der Waals surface area contributed by atoms with E-state index in [1.807, 2.05) is 44.5 Å². The Labute approximate surface area is 152 Å². The number of amides is 1. The molecular weight excluding hydrogens is 330 g/mol. The summed E-state index contributed by atoms with van der Waals surface area (Å²) in [5, 5.41) is 8.09. The number of ether oxygens (including phenoxy) is 1. The Bertz CT molecular complexity index is 933. The van der Waals surface area contributed by atoms with E-state index in [0.717, 1.165) is 22.3 Å². The van der Waals surface area contributed by atoms with Crippen LogP contribution in [0.25, 0.3) is 11.0 Å². The molecule has 0 aliphatic carbocycles. The lowest BCUT2D eigenvalue weighted by molar-refractivity contribution is 0.0952. The van der Waals surface area contributed by atoms with Crippen molar-refractivity contribution in [1.29, 1.82) is 0 Å². The summed E-state index contributed by atoms with van der Waals surface area (Å²) in [5.41, 5.74) is 3.02. The highest BCUT2D eigenvalue weighted by atomic mass is 16.5. The lowest BCUT2D eigenvalue weighted by Gasteiger charge is -2.10. The van der Waals surface area contributed by atoms with E-state index in [4.69, 9.17) is 4.74 Å². The highest BCUT2D eigenvalue weighted by Crippen LogP contribution is 2.21. The molecule has 7 heteroatoms. The van der Waals surface area contributed by atoms with Gasteiger partial charge in [0.1, 0.15) is 0 Å². The molecule has 0 saturated carbocycles. The predicted molar refractivity (Wildman–Crippen MR) is 99.2 cm³/mol. The molecule has 1 N–H and O–H groups in total. The minimum absolute atomic E-state index is 0.154. The Morgan fingerprint density at radius 3 is 2.88 bits per heavy atom. The minimum atomic E-state index is -0.154. The maximum atomic E-state index is 12.8. The fourth-order valence-corrected chi connectivity index (χ4v) is 2.77. The second-order valence-electron chi connectivity index (χ2n) is 6.35. The van der Waals surface area contributed by atoms with Crippen LogP contribution in [0.5, 0.6) is 5.88 Å². The summed E-state index contributed by atoms with van der Waals surface area (Å²) < 4.78 is 7.22. The average Bonchev–Trinajstić information content (AvgIpc) is 3.03. The van der Waals surface area contributed by atoms with Crippen LogP contribution in [-0.2, 0) is 6.54 Å². The molecule has 0 aliphatic heterocycles. The monoisotopic (exact) mass is 353 g/mol. The Kier molecular flexibility index (Phi) is 5.16. The number of carbonyl (C=O) groups is 1. The van der Waals surface area contributed by atoms with Crippen molar-refractivity contribution in [3.63, 3.8) is 0 Å². The SMILES string of the molecule is CCOc1cc(CNC(=O)c2cc(C)nc3c2cnn3C(C)C)ccn1. The number of aromatic nitrogens is 4. The molecule has 0 unspecified atom stereocenters. The van der Waals surface area contributed by atoms with E-state index in [1.54, 1.807) is 18.5 Å². The number of nitrogens with one attached hydrogen (secondary N) is 1. The summed E-state index contributed by atoms with van der Waals surface area (Å²) in [6.45, 7) is 8.81. The first-order chi connectivity index (χ1) is 12.5. The molecule has 26 heavy (non-hydrogen) atoms. The number of pyridine rings is 2. The minimum Gasteiger partial charge on any atom is -0.478 e. The molecule has 3 heterocycles. The summed E-state index contributed by atoms with van der Waals surface area (Å²) >= 11 is 0. The largest absolute Gasteiger partial charge is 0.478 e. The van der Waals surface area contributed by atoms with Gasteiger partial charge in [0, 0.05) is 30.5 Å². The highest BCUT2D eigenvalue weighted by molar-refractivity contribution is 6.05. The van der Waals surface area contributed by atoms with Crippen LogP contribution < -0.4 is 10.1 Å². The van der Waals surface area contributed by atoms with Crippen molar-refractivity contribution in [2.45, 2.75) is 40.3 Å². The summed E-state index contributed by atoms with van der Waals surface area (Å²) in [7, 11) is 0. The normalized spacial score (nSPS) is 11.1. The third kappa shape index (κ3) is 3.66. The van der Waals surface area contributed by atoms with Crippen LogP contribution in [-0.4, -0.2) is 32.3 Å². The second-order valence-corrected chi connectivity index (χ2v) is 6.35. The fourth-order valence-electron chi connectivity index (χ4n) is 2.77. The zero-order valence-electron chi connectivity index (χ0n) is 15.5. The van der Waals surface area contributed by atoms with Gasteiger partial charge in [-0.3, -0.25) is 4.79 Å². The van der Waals surface area contributed by atoms with E-state index in [1.165, 1.54) is 0 Å². The average molecular weight is 353 g/mol. The Morgan fingerprint density at radius 1 is 1.35 bits per heavy atom. The summed E-state index contributed by atoms with van der Waals surface area (Å²) in [5.74, 6) is 0.401. The van der Waals surface area contributed by atoms with E-state index in [-0.39, 0.29) is 11.9 Å². The standard InChI is InChI=1S/C19H23N5O2/c1-5-26-17-9-14(6-7-20-17)10-21-19(25)15-8-13(4)23-18-16(15)11-22-24(18)12(2)3/h6-9,11-12H,5,10H2,1-4H3,(H,21,25). The molecule has 0 fully saturated rings. The molecule has 0 aromatic carbocycles. The van der Waals surface area contributed by atoms with E-state index in [2.05, 4.69) is 20.4 Å². The number of carbonyl (C=O) groups excluding carboxylic acids is 1. The molecule has 0 atom stereocenters. The molecule has 0 aliphatic rings. The Morgan fingerprint density at radius 2 is 2.15 bits per heavy atom. The first kappa shape index (κ1) is 17.8. The zero-order chi connectivity index (χ0) is 18.7. The van der Waals surface area contributed by atoms with E-state index < -0.39 is 0 Å². The van der Waals surface area contributed by atoms with Gasteiger partial charge in [0.15, 0.2) is 5.65 Å². The van der Waals surface area contributed by atoms with Gasteiger partial charge in [-0.25, -0.2) is 14.6 Å². The fraction of sp³-hybridized carbons (Fsp3) is 0.368. The van der Waals surface area contributed by atoms with Crippen molar-refractivity contribution in [1.82, 2.24) is 25.1 Å². The Balaban J connectivity index is 1.83. The third-order valence-electron chi connectivity index (χ3n) is 3.97. The first-order valence-corrected chi connectivity index (χ1v) is 8.70. The van der Waals surface area contributed by atoms with E-state index in [0.29, 0.717) is 24.6 Å². The lowest BCUT2D eigenvalue weighted by Crippen LogP contribution is -2.23. The van der Waals surface area contributed by atoms with Gasteiger partial charge in [-0.05, 0) is 45.4 Å². The molecule has 1 amide bonds. The second kappa shape index (κ2) is 7.51. The van der Waals surface area contributed by atoms with Crippen molar-refractivity contribution in [2.24, 2.45) is 0 Å². The third-order valence-corrected chi connectivity index (χ3v) is 3.97. The summed E-state index contributed by atoms with van der Waals surface area (Å²) in [6.07, 6.45) is 3.38. The number of fused-ring (bicyclic) bond motifs is 1. The number of nitrogens with zero attached hydrogens (tertiary/aromatic N) is 4. The van der Waals surface area contributed by atoms with Gasteiger partial charge in [-0.1, -0.05) is 0 Å². The molecule has 136 valence electrons. The van der Waals surface area contributed by atoms with Crippen molar-refractivity contribution in [3.8, 4) is 5.88 Å². The molecule has 3 aromatic heterocycles. The quantitative estimate of drug-likeness (QED) is 0.736. The van der Waals surface area contributed by atoms with Crippen molar-refractivity contribution in [2.75, 3.05) is 6.61 Å². The van der Waals surface area contributed by atoms with Gasteiger partial charge in [0.05, 0.1) is 23.8 Å².